The van der Waals surface area contributed by atoms with E-state index in [0.717, 1.165) is 17.5 Å². The van der Waals surface area contributed by atoms with Gasteiger partial charge in [-0.05, 0) is 30.5 Å². The number of aryl methyl sites for hydroxylation is 1. The maximum atomic E-state index is 11.7. The molecule has 16 heavy (non-hydrogen) atoms. The van der Waals surface area contributed by atoms with Gasteiger partial charge in [-0.15, -0.1) is 0 Å². The van der Waals surface area contributed by atoms with Gasteiger partial charge in [-0.3, -0.25) is 9.78 Å². The molecule has 0 aliphatic carbocycles. The molecule has 0 radical (unpaired) electrons. The molecule has 1 aromatic heterocycles. The molecule has 0 saturated heterocycles. The first-order chi connectivity index (χ1) is 7.69. The van der Waals surface area contributed by atoms with Crippen molar-refractivity contribution in [2.45, 2.75) is 26.8 Å². The van der Waals surface area contributed by atoms with Crippen LogP contribution in [0.2, 0.25) is 0 Å². The van der Waals surface area contributed by atoms with Crippen molar-refractivity contribution in [3.63, 3.8) is 0 Å². The fourth-order valence-corrected chi connectivity index (χ4v) is 1.49. The van der Waals surface area contributed by atoms with Gasteiger partial charge in [-0.1, -0.05) is 6.92 Å². The van der Waals surface area contributed by atoms with E-state index in [1.807, 2.05) is 19.9 Å². The smallest absolute Gasteiger partial charge is 0.224 e. The van der Waals surface area contributed by atoms with Crippen LogP contribution < -0.4 is 11.1 Å². The molecule has 0 spiro atoms. The third kappa shape index (κ3) is 3.31. The summed E-state index contributed by atoms with van der Waals surface area (Å²) >= 11 is 0. The normalized spacial score (nSPS) is 12.2. The molecule has 0 aromatic carbocycles. The van der Waals surface area contributed by atoms with E-state index in [2.05, 4.69) is 10.3 Å². The number of carbonyl (C=O) groups excluding carboxylic acids is 1. The van der Waals surface area contributed by atoms with Crippen molar-refractivity contribution >= 4 is 5.91 Å². The lowest BCUT2D eigenvalue weighted by atomic mass is 10.1. The number of nitrogens with one attached hydrogen (secondary N) is 1. The van der Waals surface area contributed by atoms with Gasteiger partial charge >= 0.3 is 0 Å². The van der Waals surface area contributed by atoms with Gasteiger partial charge in [0.05, 0.1) is 0 Å². The van der Waals surface area contributed by atoms with E-state index in [1.165, 1.54) is 0 Å². The summed E-state index contributed by atoms with van der Waals surface area (Å²) in [4.78, 5) is 15.7. The Morgan fingerprint density at radius 1 is 1.62 bits per heavy atom. The Morgan fingerprint density at radius 3 is 2.94 bits per heavy atom. The second-order valence-corrected chi connectivity index (χ2v) is 3.86. The molecule has 0 aliphatic heterocycles. The lowest BCUT2D eigenvalue weighted by molar-refractivity contribution is -0.124. The summed E-state index contributed by atoms with van der Waals surface area (Å²) in [5, 5.41) is 2.90. The maximum Gasteiger partial charge on any atom is 0.224 e. The highest BCUT2D eigenvalue weighted by molar-refractivity contribution is 5.78. The summed E-state index contributed by atoms with van der Waals surface area (Å²) in [5.41, 5.74) is 7.69. The van der Waals surface area contributed by atoms with Crippen LogP contribution in [0.25, 0.3) is 0 Å². The number of nitrogens with two attached hydrogens (primary N) is 1. The van der Waals surface area contributed by atoms with Crippen LogP contribution in [0.15, 0.2) is 18.5 Å². The quantitative estimate of drug-likeness (QED) is 0.779. The van der Waals surface area contributed by atoms with E-state index in [0.29, 0.717) is 13.1 Å². The lowest BCUT2D eigenvalue weighted by Gasteiger charge is -2.13. The fourth-order valence-electron chi connectivity index (χ4n) is 1.49. The molecular weight excluding hydrogens is 202 g/mol. The van der Waals surface area contributed by atoms with Crippen LogP contribution in [0, 0.1) is 12.8 Å². The van der Waals surface area contributed by atoms with E-state index >= 15 is 0 Å². The highest BCUT2D eigenvalue weighted by Crippen LogP contribution is 2.05. The standard InChI is InChI=1S/C12H19N3O/c1-3-10(6-13)12(16)15-8-11-4-5-14-7-9(11)2/h4-5,7,10H,3,6,8,13H2,1-2H3,(H,15,16). The molecule has 1 amide bonds. The Morgan fingerprint density at radius 2 is 2.38 bits per heavy atom. The van der Waals surface area contributed by atoms with Gasteiger partial charge in [0.1, 0.15) is 0 Å². The van der Waals surface area contributed by atoms with E-state index in [4.69, 9.17) is 5.73 Å². The fraction of sp³-hybridized carbons (Fsp3) is 0.500. The predicted octanol–water partition coefficient (Wildman–Crippen LogP) is 0.991. The molecule has 4 nitrogen and oxygen atoms in total. The Balaban J connectivity index is 2.52. The second kappa shape index (κ2) is 6.23. The topological polar surface area (TPSA) is 68.0 Å². The number of pyridine rings is 1. The van der Waals surface area contributed by atoms with Crippen molar-refractivity contribution in [3.8, 4) is 0 Å². The molecule has 0 fully saturated rings. The summed E-state index contributed by atoms with van der Waals surface area (Å²) in [6.07, 6.45) is 4.30. The van der Waals surface area contributed by atoms with Crippen LogP contribution in [-0.2, 0) is 11.3 Å². The molecule has 88 valence electrons. The van der Waals surface area contributed by atoms with Crippen LogP contribution in [-0.4, -0.2) is 17.4 Å². The number of hydrogen-bond donors (Lipinski definition) is 2. The first-order valence-corrected chi connectivity index (χ1v) is 5.56. The van der Waals surface area contributed by atoms with E-state index in [1.54, 1.807) is 12.4 Å². The first kappa shape index (κ1) is 12.6. The minimum absolute atomic E-state index is 0.0289. The molecule has 1 unspecified atom stereocenters. The minimum atomic E-state index is -0.0813. The monoisotopic (exact) mass is 221 g/mol. The molecule has 1 rings (SSSR count). The van der Waals surface area contributed by atoms with Crippen LogP contribution in [0.3, 0.4) is 0 Å². The van der Waals surface area contributed by atoms with Gasteiger partial charge in [0.25, 0.3) is 0 Å². The van der Waals surface area contributed by atoms with Crippen LogP contribution >= 0.6 is 0 Å². The van der Waals surface area contributed by atoms with Crippen molar-refractivity contribution in [2.75, 3.05) is 6.54 Å². The van der Waals surface area contributed by atoms with E-state index in [9.17, 15) is 4.79 Å². The van der Waals surface area contributed by atoms with Gasteiger partial charge in [0, 0.05) is 31.4 Å². The minimum Gasteiger partial charge on any atom is -0.352 e. The van der Waals surface area contributed by atoms with Crippen molar-refractivity contribution in [2.24, 2.45) is 11.7 Å². The average molecular weight is 221 g/mol. The molecule has 3 N–H and O–H groups in total. The number of amides is 1. The Bertz CT molecular complexity index is 348. The molecule has 1 heterocycles. The van der Waals surface area contributed by atoms with Crippen LogP contribution in [0.1, 0.15) is 24.5 Å². The van der Waals surface area contributed by atoms with Gasteiger partial charge in [-0.25, -0.2) is 0 Å². The molecule has 0 bridgehead atoms. The van der Waals surface area contributed by atoms with Crippen molar-refractivity contribution < 1.29 is 4.79 Å². The Labute approximate surface area is 96.3 Å². The zero-order valence-electron chi connectivity index (χ0n) is 9.86. The molecule has 4 heteroatoms. The third-order valence-corrected chi connectivity index (χ3v) is 2.74. The third-order valence-electron chi connectivity index (χ3n) is 2.74. The summed E-state index contributed by atoms with van der Waals surface area (Å²) < 4.78 is 0. The number of hydrogen-bond acceptors (Lipinski definition) is 3. The molecule has 1 atom stereocenters. The average Bonchev–Trinajstić information content (AvgIpc) is 2.29. The summed E-state index contributed by atoms with van der Waals surface area (Å²) in [6, 6.07) is 1.92. The zero-order chi connectivity index (χ0) is 12.0. The van der Waals surface area contributed by atoms with Crippen LogP contribution in [0.4, 0.5) is 0 Å². The number of rotatable bonds is 5. The highest BCUT2D eigenvalue weighted by Gasteiger charge is 2.13. The second-order valence-electron chi connectivity index (χ2n) is 3.86. The highest BCUT2D eigenvalue weighted by atomic mass is 16.1. The van der Waals surface area contributed by atoms with Gasteiger partial charge in [-0.2, -0.15) is 0 Å². The Kier molecular flexibility index (Phi) is 4.92. The van der Waals surface area contributed by atoms with Gasteiger partial charge in [0.15, 0.2) is 0 Å². The van der Waals surface area contributed by atoms with E-state index < -0.39 is 0 Å². The Hall–Kier alpha value is -1.42. The maximum absolute atomic E-state index is 11.7. The SMILES string of the molecule is CCC(CN)C(=O)NCc1ccncc1C. The molecule has 0 aliphatic rings. The van der Waals surface area contributed by atoms with Crippen LogP contribution in [0.5, 0.6) is 0 Å². The number of aromatic nitrogens is 1. The van der Waals surface area contributed by atoms with Crippen molar-refractivity contribution in [3.05, 3.63) is 29.6 Å². The molecular formula is C12H19N3O. The summed E-state index contributed by atoms with van der Waals surface area (Å²) in [6.45, 7) is 4.89. The van der Waals surface area contributed by atoms with Crippen molar-refractivity contribution in [1.82, 2.24) is 10.3 Å². The molecule has 0 saturated carbocycles. The largest absolute Gasteiger partial charge is 0.352 e. The van der Waals surface area contributed by atoms with E-state index in [-0.39, 0.29) is 11.8 Å². The number of carbonyl (C=O) groups is 1. The zero-order valence-corrected chi connectivity index (χ0v) is 9.86. The van der Waals surface area contributed by atoms with Gasteiger partial charge in [0.2, 0.25) is 5.91 Å². The summed E-state index contributed by atoms with van der Waals surface area (Å²) in [5.74, 6) is -0.0524. The first-order valence-electron chi connectivity index (χ1n) is 5.56. The van der Waals surface area contributed by atoms with Gasteiger partial charge < -0.3 is 11.1 Å². The number of nitrogens with zero attached hydrogens (tertiary/aromatic N) is 1. The van der Waals surface area contributed by atoms with Crippen molar-refractivity contribution in [1.29, 1.82) is 0 Å². The molecule has 1 aromatic rings. The summed E-state index contributed by atoms with van der Waals surface area (Å²) in [7, 11) is 0. The predicted molar refractivity (Wildman–Crippen MR) is 63.7 cm³/mol. The lowest BCUT2D eigenvalue weighted by Crippen LogP contribution is -2.34.